The molecule has 4 heteroatoms. The van der Waals surface area contributed by atoms with Crippen LogP contribution in [0.2, 0.25) is 0 Å². The Kier molecular flexibility index (Phi) is 5.96. The van der Waals surface area contributed by atoms with Crippen molar-refractivity contribution < 1.29 is 9.50 Å². The quantitative estimate of drug-likeness (QED) is 0.860. The van der Waals surface area contributed by atoms with Crippen molar-refractivity contribution in [3.63, 3.8) is 0 Å². The van der Waals surface area contributed by atoms with Crippen LogP contribution in [-0.2, 0) is 6.42 Å². The highest BCUT2D eigenvalue weighted by Gasteiger charge is 2.37. The smallest absolute Gasteiger partial charge is 0.126 e. The first-order valence-corrected chi connectivity index (χ1v) is 7.46. The summed E-state index contributed by atoms with van der Waals surface area (Å²) in [7, 11) is 3.93. The number of aliphatic hydroxyl groups excluding tert-OH is 1. The van der Waals surface area contributed by atoms with Crippen LogP contribution in [0.4, 0.5) is 4.39 Å². The Bertz CT molecular complexity index is 419. The molecule has 0 saturated carbocycles. The van der Waals surface area contributed by atoms with E-state index in [2.05, 4.69) is 29.8 Å². The standard InChI is InChI=1S/C15H23BrFNO/c1-5-15(6-2,18(3)4)14(19)10-11-9-12(16)7-8-13(11)17/h7-9,14,19H,5-6,10H2,1-4H3. The Labute approximate surface area is 123 Å². The van der Waals surface area contributed by atoms with Gasteiger partial charge in [0.25, 0.3) is 0 Å². The van der Waals surface area contributed by atoms with Crippen molar-refractivity contribution >= 4 is 15.9 Å². The minimum absolute atomic E-state index is 0.262. The van der Waals surface area contributed by atoms with E-state index in [1.54, 1.807) is 12.1 Å². The predicted octanol–water partition coefficient (Wildman–Crippen LogP) is 3.61. The van der Waals surface area contributed by atoms with Crippen LogP contribution in [-0.4, -0.2) is 35.7 Å². The summed E-state index contributed by atoms with van der Waals surface area (Å²) in [6.45, 7) is 4.12. The van der Waals surface area contributed by atoms with E-state index in [0.29, 0.717) is 12.0 Å². The predicted molar refractivity (Wildman–Crippen MR) is 80.8 cm³/mol. The fourth-order valence-corrected chi connectivity index (χ4v) is 3.16. The molecule has 2 nitrogen and oxygen atoms in total. The van der Waals surface area contributed by atoms with Crippen LogP contribution in [0.1, 0.15) is 32.3 Å². The van der Waals surface area contributed by atoms with Crippen LogP contribution in [0.15, 0.2) is 22.7 Å². The Balaban J connectivity index is 2.99. The highest BCUT2D eigenvalue weighted by Crippen LogP contribution is 2.29. The molecule has 1 atom stereocenters. The van der Waals surface area contributed by atoms with Gasteiger partial charge in [-0.05, 0) is 50.7 Å². The minimum Gasteiger partial charge on any atom is -0.391 e. The first-order valence-electron chi connectivity index (χ1n) is 6.66. The third-order valence-electron chi connectivity index (χ3n) is 4.16. The van der Waals surface area contributed by atoms with Crippen molar-refractivity contribution in [3.05, 3.63) is 34.1 Å². The monoisotopic (exact) mass is 331 g/mol. The van der Waals surface area contributed by atoms with Gasteiger partial charge in [0.05, 0.1) is 6.10 Å². The topological polar surface area (TPSA) is 23.5 Å². The zero-order valence-electron chi connectivity index (χ0n) is 12.1. The van der Waals surface area contributed by atoms with Gasteiger partial charge in [0, 0.05) is 16.4 Å². The number of aliphatic hydroxyl groups is 1. The molecule has 0 aliphatic rings. The van der Waals surface area contributed by atoms with Crippen LogP contribution < -0.4 is 0 Å². The summed E-state index contributed by atoms with van der Waals surface area (Å²) in [4.78, 5) is 2.05. The lowest BCUT2D eigenvalue weighted by Crippen LogP contribution is -2.53. The van der Waals surface area contributed by atoms with Gasteiger partial charge in [-0.2, -0.15) is 0 Å². The Hall–Kier alpha value is -0.450. The molecule has 0 bridgehead atoms. The van der Waals surface area contributed by atoms with Crippen LogP contribution in [0.5, 0.6) is 0 Å². The van der Waals surface area contributed by atoms with Gasteiger partial charge in [0.15, 0.2) is 0 Å². The van der Waals surface area contributed by atoms with Crippen molar-refractivity contribution in [3.8, 4) is 0 Å². The number of likely N-dealkylation sites (N-methyl/N-ethyl adjacent to an activating group) is 1. The van der Waals surface area contributed by atoms with E-state index >= 15 is 0 Å². The largest absolute Gasteiger partial charge is 0.391 e. The lowest BCUT2D eigenvalue weighted by molar-refractivity contribution is -0.0129. The van der Waals surface area contributed by atoms with Crippen LogP contribution in [0.3, 0.4) is 0 Å². The van der Waals surface area contributed by atoms with Crippen molar-refractivity contribution in [2.75, 3.05) is 14.1 Å². The Morgan fingerprint density at radius 1 is 1.32 bits per heavy atom. The molecule has 1 unspecified atom stereocenters. The van der Waals surface area contributed by atoms with Crippen LogP contribution >= 0.6 is 15.9 Å². The van der Waals surface area contributed by atoms with E-state index in [4.69, 9.17) is 0 Å². The highest BCUT2D eigenvalue weighted by atomic mass is 79.9. The molecule has 0 radical (unpaired) electrons. The Morgan fingerprint density at radius 3 is 2.37 bits per heavy atom. The zero-order valence-corrected chi connectivity index (χ0v) is 13.7. The van der Waals surface area contributed by atoms with E-state index in [1.165, 1.54) is 6.07 Å². The number of hydrogen-bond donors (Lipinski definition) is 1. The Morgan fingerprint density at radius 2 is 1.89 bits per heavy atom. The van der Waals surface area contributed by atoms with E-state index < -0.39 is 6.10 Å². The van der Waals surface area contributed by atoms with Gasteiger partial charge in [0.2, 0.25) is 0 Å². The summed E-state index contributed by atoms with van der Waals surface area (Å²) in [5.74, 6) is -0.262. The minimum atomic E-state index is -0.596. The molecule has 0 spiro atoms. The average Bonchev–Trinajstić information content (AvgIpc) is 2.35. The number of halogens is 2. The summed E-state index contributed by atoms with van der Waals surface area (Å²) in [5, 5.41) is 10.6. The molecule has 1 aromatic carbocycles. The number of nitrogens with zero attached hydrogens (tertiary/aromatic N) is 1. The second-order valence-corrected chi connectivity index (χ2v) is 6.08. The SMILES string of the molecule is CCC(CC)(C(O)Cc1cc(Br)ccc1F)N(C)C. The first kappa shape index (κ1) is 16.6. The van der Waals surface area contributed by atoms with Gasteiger partial charge in [-0.15, -0.1) is 0 Å². The van der Waals surface area contributed by atoms with Gasteiger partial charge in [-0.25, -0.2) is 4.39 Å². The van der Waals surface area contributed by atoms with Crippen LogP contribution in [0.25, 0.3) is 0 Å². The first-order chi connectivity index (χ1) is 8.87. The fourth-order valence-electron chi connectivity index (χ4n) is 2.75. The molecule has 1 N–H and O–H groups in total. The molecular formula is C15H23BrFNO. The normalized spacial score (nSPS) is 13.9. The fraction of sp³-hybridized carbons (Fsp3) is 0.600. The summed E-state index contributed by atoms with van der Waals surface area (Å²) in [6, 6.07) is 4.84. The molecule has 19 heavy (non-hydrogen) atoms. The molecular weight excluding hydrogens is 309 g/mol. The summed E-state index contributed by atoms with van der Waals surface area (Å²) < 4.78 is 14.6. The lowest BCUT2D eigenvalue weighted by Gasteiger charge is -2.42. The summed E-state index contributed by atoms with van der Waals surface area (Å²) >= 11 is 3.34. The molecule has 0 fully saturated rings. The van der Waals surface area contributed by atoms with Crippen molar-refractivity contribution in [1.29, 1.82) is 0 Å². The molecule has 0 aromatic heterocycles. The van der Waals surface area contributed by atoms with E-state index in [-0.39, 0.29) is 11.4 Å². The van der Waals surface area contributed by atoms with E-state index in [1.807, 2.05) is 19.0 Å². The average molecular weight is 332 g/mol. The summed E-state index contributed by atoms with van der Waals surface area (Å²) in [5.41, 5.74) is 0.240. The van der Waals surface area contributed by atoms with Gasteiger partial charge < -0.3 is 10.0 Å². The molecule has 0 saturated heterocycles. The maximum absolute atomic E-state index is 13.8. The molecule has 1 rings (SSSR count). The van der Waals surface area contributed by atoms with Gasteiger partial charge in [0.1, 0.15) is 5.82 Å². The summed E-state index contributed by atoms with van der Waals surface area (Å²) in [6.07, 6.45) is 1.38. The second kappa shape index (κ2) is 6.82. The van der Waals surface area contributed by atoms with Crippen molar-refractivity contribution in [2.24, 2.45) is 0 Å². The second-order valence-electron chi connectivity index (χ2n) is 5.16. The van der Waals surface area contributed by atoms with Gasteiger partial charge in [-0.3, -0.25) is 0 Å². The maximum Gasteiger partial charge on any atom is 0.126 e. The molecule has 1 aromatic rings. The molecule has 0 aliphatic heterocycles. The number of rotatable bonds is 6. The van der Waals surface area contributed by atoms with Crippen molar-refractivity contribution in [2.45, 2.75) is 44.8 Å². The molecule has 108 valence electrons. The maximum atomic E-state index is 13.8. The van der Waals surface area contributed by atoms with Crippen LogP contribution in [0, 0.1) is 5.82 Å². The number of benzene rings is 1. The van der Waals surface area contributed by atoms with E-state index in [9.17, 15) is 9.50 Å². The number of hydrogen-bond acceptors (Lipinski definition) is 2. The molecule has 0 aliphatic carbocycles. The third-order valence-corrected chi connectivity index (χ3v) is 4.65. The zero-order chi connectivity index (χ0) is 14.6. The van der Waals surface area contributed by atoms with Gasteiger partial charge >= 0.3 is 0 Å². The van der Waals surface area contributed by atoms with Crippen molar-refractivity contribution in [1.82, 2.24) is 4.90 Å². The van der Waals surface area contributed by atoms with E-state index in [0.717, 1.165) is 17.3 Å². The molecule has 0 amide bonds. The lowest BCUT2D eigenvalue weighted by atomic mass is 9.82. The highest BCUT2D eigenvalue weighted by molar-refractivity contribution is 9.10. The molecule has 0 heterocycles. The third kappa shape index (κ3) is 3.56. The van der Waals surface area contributed by atoms with Gasteiger partial charge in [-0.1, -0.05) is 29.8 Å².